The van der Waals surface area contributed by atoms with Gasteiger partial charge in [-0.15, -0.1) is 0 Å². The zero-order valence-corrected chi connectivity index (χ0v) is 11.4. The first kappa shape index (κ1) is 15.7. The van der Waals surface area contributed by atoms with E-state index in [2.05, 4.69) is 10.5 Å². The van der Waals surface area contributed by atoms with Crippen molar-refractivity contribution in [2.75, 3.05) is 0 Å². The van der Waals surface area contributed by atoms with Gasteiger partial charge in [-0.1, -0.05) is 39.8 Å². The number of amides is 1. The number of hydrogen-bond acceptors (Lipinski definition) is 3. The fraction of sp³-hybridized carbons (Fsp3) is 0.833. The summed E-state index contributed by atoms with van der Waals surface area (Å²) in [5, 5.41) is 14.8. The lowest BCUT2D eigenvalue weighted by Crippen LogP contribution is -2.58. The van der Waals surface area contributed by atoms with Crippen LogP contribution < -0.4 is 11.1 Å². The van der Waals surface area contributed by atoms with E-state index in [-0.39, 0.29) is 23.6 Å². The minimum atomic E-state index is -0.741. The fourth-order valence-corrected chi connectivity index (χ4v) is 1.60. The molecule has 1 amide bonds. The lowest BCUT2D eigenvalue weighted by atomic mass is 9.89. The highest BCUT2D eigenvalue weighted by molar-refractivity contribution is 5.94. The molecule has 0 aromatic heterocycles. The number of oxime groups is 1. The zero-order valence-electron chi connectivity index (χ0n) is 11.4. The molecule has 0 bridgehead atoms. The second-order valence-electron chi connectivity index (χ2n) is 4.80. The largest absolute Gasteiger partial charge is 0.409 e. The van der Waals surface area contributed by atoms with E-state index < -0.39 is 5.54 Å². The number of nitrogens with two attached hydrogens (primary N) is 1. The van der Waals surface area contributed by atoms with Crippen molar-refractivity contribution in [3.05, 3.63) is 0 Å². The molecule has 0 radical (unpaired) electrons. The molecule has 0 rings (SSSR count). The van der Waals surface area contributed by atoms with E-state index in [0.717, 1.165) is 0 Å². The Kier molecular flexibility index (Phi) is 5.99. The number of nitrogens with one attached hydrogen (secondary N) is 1. The molecule has 1 atom stereocenters. The number of rotatable bonds is 6. The maximum absolute atomic E-state index is 12.0. The van der Waals surface area contributed by atoms with Crippen molar-refractivity contribution < 1.29 is 10.0 Å². The standard InChI is InChI=1S/C12H25N3O2/c1-6-12(7-2,11(13)15-17)14-10(16)9(5)8(3)4/h8-9,17H,6-7H2,1-5H3,(H2,13,15)(H,14,16). The van der Waals surface area contributed by atoms with Gasteiger partial charge in [-0.3, -0.25) is 4.79 Å². The van der Waals surface area contributed by atoms with Crippen LogP contribution in [-0.2, 0) is 4.79 Å². The molecule has 4 N–H and O–H groups in total. The Balaban J connectivity index is 4.96. The maximum Gasteiger partial charge on any atom is 0.223 e. The van der Waals surface area contributed by atoms with Gasteiger partial charge in [0, 0.05) is 5.92 Å². The van der Waals surface area contributed by atoms with Gasteiger partial charge in [-0.05, 0) is 18.8 Å². The molecule has 0 aliphatic carbocycles. The van der Waals surface area contributed by atoms with Crippen LogP contribution >= 0.6 is 0 Å². The lowest BCUT2D eigenvalue weighted by Gasteiger charge is -2.33. The van der Waals surface area contributed by atoms with E-state index >= 15 is 0 Å². The van der Waals surface area contributed by atoms with Gasteiger partial charge in [0.1, 0.15) is 5.54 Å². The topological polar surface area (TPSA) is 87.7 Å². The third-order valence-corrected chi connectivity index (χ3v) is 3.58. The van der Waals surface area contributed by atoms with Crippen molar-refractivity contribution in [2.24, 2.45) is 22.7 Å². The normalized spacial score (nSPS) is 14.8. The summed E-state index contributed by atoms with van der Waals surface area (Å²) in [5.74, 6) is 0.162. The Morgan fingerprint density at radius 2 is 1.82 bits per heavy atom. The Morgan fingerprint density at radius 3 is 2.12 bits per heavy atom. The van der Waals surface area contributed by atoms with Crippen LogP contribution in [0.3, 0.4) is 0 Å². The van der Waals surface area contributed by atoms with Crippen molar-refractivity contribution in [1.82, 2.24) is 5.32 Å². The molecule has 5 nitrogen and oxygen atoms in total. The summed E-state index contributed by atoms with van der Waals surface area (Å²) in [7, 11) is 0. The SMILES string of the molecule is CCC(CC)(NC(=O)C(C)C(C)C)C(N)=NO. The van der Waals surface area contributed by atoms with Gasteiger partial charge in [-0.25, -0.2) is 0 Å². The quantitative estimate of drug-likeness (QED) is 0.287. The van der Waals surface area contributed by atoms with E-state index in [0.29, 0.717) is 12.8 Å². The molecule has 0 aliphatic rings. The van der Waals surface area contributed by atoms with Crippen LogP contribution in [0.5, 0.6) is 0 Å². The van der Waals surface area contributed by atoms with Gasteiger partial charge >= 0.3 is 0 Å². The summed E-state index contributed by atoms with van der Waals surface area (Å²) < 4.78 is 0. The molecule has 17 heavy (non-hydrogen) atoms. The summed E-state index contributed by atoms with van der Waals surface area (Å²) in [6, 6.07) is 0. The molecule has 0 aromatic carbocycles. The molecular weight excluding hydrogens is 218 g/mol. The average Bonchev–Trinajstić information content (AvgIpc) is 2.33. The highest BCUT2D eigenvalue weighted by Crippen LogP contribution is 2.18. The predicted molar refractivity (Wildman–Crippen MR) is 68.9 cm³/mol. The van der Waals surface area contributed by atoms with Crippen LogP contribution in [0, 0.1) is 11.8 Å². The molecule has 0 fully saturated rings. The van der Waals surface area contributed by atoms with Crippen LogP contribution in [-0.4, -0.2) is 22.5 Å². The van der Waals surface area contributed by atoms with Gasteiger partial charge in [0.25, 0.3) is 0 Å². The van der Waals surface area contributed by atoms with E-state index in [9.17, 15) is 4.79 Å². The summed E-state index contributed by atoms with van der Waals surface area (Å²) in [5.41, 5.74) is 4.94. The van der Waals surface area contributed by atoms with Gasteiger partial charge in [0.2, 0.25) is 5.91 Å². The second-order valence-corrected chi connectivity index (χ2v) is 4.80. The number of hydrogen-bond donors (Lipinski definition) is 3. The molecule has 0 spiro atoms. The van der Waals surface area contributed by atoms with E-state index in [1.54, 1.807) is 0 Å². The number of amidine groups is 1. The van der Waals surface area contributed by atoms with Gasteiger partial charge < -0.3 is 16.3 Å². The highest BCUT2D eigenvalue weighted by Gasteiger charge is 2.34. The predicted octanol–water partition coefficient (Wildman–Crippen LogP) is 1.70. The summed E-state index contributed by atoms with van der Waals surface area (Å²) >= 11 is 0. The number of nitrogens with zero attached hydrogens (tertiary/aromatic N) is 1. The summed E-state index contributed by atoms with van der Waals surface area (Å²) in [6.07, 6.45) is 1.19. The van der Waals surface area contributed by atoms with E-state index in [1.807, 2.05) is 34.6 Å². The third kappa shape index (κ3) is 3.61. The van der Waals surface area contributed by atoms with Crippen LogP contribution in [0.4, 0.5) is 0 Å². The Bertz CT molecular complexity index is 283. The number of carbonyl (C=O) groups excluding carboxylic acids is 1. The minimum absolute atomic E-state index is 0.0599. The van der Waals surface area contributed by atoms with Gasteiger partial charge in [0.15, 0.2) is 5.84 Å². The molecule has 1 unspecified atom stereocenters. The van der Waals surface area contributed by atoms with Crippen molar-refractivity contribution >= 4 is 11.7 Å². The number of carbonyl (C=O) groups is 1. The first-order valence-corrected chi connectivity index (χ1v) is 6.14. The second kappa shape index (κ2) is 6.47. The monoisotopic (exact) mass is 243 g/mol. The fourth-order valence-electron chi connectivity index (χ4n) is 1.60. The van der Waals surface area contributed by atoms with Crippen LogP contribution in [0.25, 0.3) is 0 Å². The molecule has 100 valence electrons. The first-order valence-electron chi connectivity index (χ1n) is 6.14. The van der Waals surface area contributed by atoms with Crippen molar-refractivity contribution in [3.63, 3.8) is 0 Å². The van der Waals surface area contributed by atoms with Crippen molar-refractivity contribution in [2.45, 2.75) is 53.0 Å². The maximum atomic E-state index is 12.0. The molecule has 0 saturated carbocycles. The van der Waals surface area contributed by atoms with Crippen molar-refractivity contribution in [3.8, 4) is 0 Å². The molecule has 5 heteroatoms. The van der Waals surface area contributed by atoms with Crippen LogP contribution in [0.1, 0.15) is 47.5 Å². The van der Waals surface area contributed by atoms with Gasteiger partial charge in [-0.2, -0.15) is 0 Å². The summed E-state index contributed by atoms with van der Waals surface area (Å²) in [4.78, 5) is 12.0. The minimum Gasteiger partial charge on any atom is -0.409 e. The first-order chi connectivity index (χ1) is 7.84. The van der Waals surface area contributed by atoms with Gasteiger partial charge in [0.05, 0.1) is 0 Å². The van der Waals surface area contributed by atoms with E-state index in [1.165, 1.54) is 0 Å². The molecule has 0 heterocycles. The zero-order chi connectivity index (χ0) is 13.6. The Hall–Kier alpha value is -1.26. The Morgan fingerprint density at radius 1 is 1.35 bits per heavy atom. The lowest BCUT2D eigenvalue weighted by molar-refractivity contribution is -0.127. The van der Waals surface area contributed by atoms with Crippen molar-refractivity contribution in [1.29, 1.82) is 0 Å². The average molecular weight is 243 g/mol. The molecule has 0 saturated heterocycles. The Labute approximate surface area is 103 Å². The highest BCUT2D eigenvalue weighted by atomic mass is 16.4. The van der Waals surface area contributed by atoms with Crippen LogP contribution in [0.2, 0.25) is 0 Å². The smallest absolute Gasteiger partial charge is 0.223 e. The van der Waals surface area contributed by atoms with Crippen LogP contribution in [0.15, 0.2) is 5.16 Å². The summed E-state index contributed by atoms with van der Waals surface area (Å²) in [6.45, 7) is 9.67. The molecule has 0 aliphatic heterocycles. The molecular formula is C12H25N3O2. The third-order valence-electron chi connectivity index (χ3n) is 3.58. The molecule has 0 aromatic rings. The van der Waals surface area contributed by atoms with E-state index in [4.69, 9.17) is 10.9 Å².